The summed E-state index contributed by atoms with van der Waals surface area (Å²) in [5.41, 5.74) is 1.11. The third-order valence-electron chi connectivity index (χ3n) is 2.43. The van der Waals surface area contributed by atoms with E-state index in [4.69, 9.17) is 4.74 Å². The minimum Gasteiger partial charge on any atom is -0.496 e. The van der Waals surface area contributed by atoms with Crippen LogP contribution < -0.4 is 9.46 Å². The van der Waals surface area contributed by atoms with E-state index in [1.165, 1.54) is 0 Å². The zero-order valence-electron chi connectivity index (χ0n) is 11.2. The van der Waals surface area contributed by atoms with E-state index in [0.29, 0.717) is 6.54 Å². The number of ether oxygens (including phenoxy) is 1. The molecule has 5 heteroatoms. The highest BCUT2D eigenvalue weighted by Gasteiger charge is 2.18. The lowest BCUT2D eigenvalue weighted by atomic mass is 10.1. The molecule has 1 atom stereocenters. The van der Waals surface area contributed by atoms with Crippen LogP contribution >= 0.6 is 15.9 Å². The maximum absolute atomic E-state index is 11.8. The van der Waals surface area contributed by atoms with Gasteiger partial charge in [0.2, 0.25) is 0 Å². The monoisotopic (exact) mass is 333 g/mol. The van der Waals surface area contributed by atoms with E-state index >= 15 is 0 Å². The summed E-state index contributed by atoms with van der Waals surface area (Å²) in [5, 5.41) is 0. The molecular formula is C13H20BrNO2S. The molecule has 0 aliphatic rings. The van der Waals surface area contributed by atoms with E-state index in [0.717, 1.165) is 22.2 Å². The highest BCUT2D eigenvalue weighted by atomic mass is 79.9. The molecule has 1 aromatic carbocycles. The first-order chi connectivity index (χ1) is 8.34. The van der Waals surface area contributed by atoms with Gasteiger partial charge in [-0.2, -0.15) is 0 Å². The van der Waals surface area contributed by atoms with Gasteiger partial charge in [0.25, 0.3) is 0 Å². The maximum Gasteiger partial charge on any atom is 0.123 e. The summed E-state index contributed by atoms with van der Waals surface area (Å²) < 4.78 is 20.9. The van der Waals surface area contributed by atoms with Crippen molar-refractivity contribution in [3.8, 4) is 5.75 Å². The first-order valence-electron chi connectivity index (χ1n) is 5.82. The normalized spacial score (nSPS) is 13.4. The van der Waals surface area contributed by atoms with E-state index in [1.807, 2.05) is 39.0 Å². The van der Waals surface area contributed by atoms with Crippen molar-refractivity contribution in [2.45, 2.75) is 31.9 Å². The summed E-state index contributed by atoms with van der Waals surface area (Å²) >= 11 is 3.41. The van der Waals surface area contributed by atoms with Gasteiger partial charge in [0, 0.05) is 11.0 Å². The number of nitrogens with one attached hydrogen (secondary N) is 1. The molecule has 3 nitrogen and oxygen atoms in total. The molecule has 0 aromatic heterocycles. The number of benzene rings is 1. The summed E-state index contributed by atoms with van der Waals surface area (Å²) in [7, 11) is 0.635. The van der Waals surface area contributed by atoms with Crippen molar-refractivity contribution in [2.24, 2.45) is 0 Å². The predicted octanol–water partition coefficient (Wildman–Crippen LogP) is 3.05. The molecule has 0 saturated heterocycles. The highest BCUT2D eigenvalue weighted by molar-refractivity contribution is 9.10. The fourth-order valence-electron chi connectivity index (χ4n) is 1.42. The standard InChI is InChI=1S/C13H20BrNO2S/c1-13(2,3)18(16)15-8-7-10-5-6-11(14)9-12(10)17-4/h5-6,9,15H,7-8H2,1-4H3. The Morgan fingerprint density at radius 2 is 2.06 bits per heavy atom. The van der Waals surface area contributed by atoms with Gasteiger partial charge in [-0.15, -0.1) is 0 Å². The topological polar surface area (TPSA) is 38.3 Å². The van der Waals surface area contributed by atoms with Crippen LogP contribution in [0.2, 0.25) is 0 Å². The van der Waals surface area contributed by atoms with Gasteiger partial charge in [0.05, 0.1) is 22.8 Å². The van der Waals surface area contributed by atoms with Gasteiger partial charge in [-0.05, 0) is 44.9 Å². The summed E-state index contributed by atoms with van der Waals surface area (Å²) in [6.45, 7) is 6.53. The lowest BCUT2D eigenvalue weighted by Gasteiger charge is -2.18. The van der Waals surface area contributed by atoms with Gasteiger partial charge in [-0.3, -0.25) is 0 Å². The second-order valence-electron chi connectivity index (χ2n) is 4.98. The third-order valence-corrected chi connectivity index (χ3v) is 4.50. The molecule has 0 spiro atoms. The quantitative estimate of drug-likeness (QED) is 0.899. The van der Waals surface area contributed by atoms with Crippen LogP contribution in [0.25, 0.3) is 0 Å². The number of rotatable bonds is 5. The van der Waals surface area contributed by atoms with Gasteiger partial charge >= 0.3 is 0 Å². The van der Waals surface area contributed by atoms with E-state index in [9.17, 15) is 4.21 Å². The van der Waals surface area contributed by atoms with Crippen LogP contribution in [-0.2, 0) is 17.4 Å². The Balaban J connectivity index is 2.57. The molecule has 1 unspecified atom stereocenters. The molecule has 0 heterocycles. The number of halogens is 1. The van der Waals surface area contributed by atoms with Crippen LogP contribution in [0, 0.1) is 0 Å². The first-order valence-corrected chi connectivity index (χ1v) is 7.76. The molecule has 0 amide bonds. The van der Waals surface area contributed by atoms with Gasteiger partial charge in [-0.1, -0.05) is 22.0 Å². The minimum atomic E-state index is -1.02. The van der Waals surface area contributed by atoms with Crippen molar-refractivity contribution in [3.05, 3.63) is 28.2 Å². The molecule has 0 bridgehead atoms. The summed E-state index contributed by atoms with van der Waals surface area (Å²) in [6, 6.07) is 5.94. The van der Waals surface area contributed by atoms with Crippen molar-refractivity contribution in [1.29, 1.82) is 0 Å². The Morgan fingerprint density at radius 3 is 2.61 bits per heavy atom. The van der Waals surface area contributed by atoms with Crippen LogP contribution in [0.5, 0.6) is 5.75 Å². The summed E-state index contributed by atoms with van der Waals surface area (Å²) in [5.74, 6) is 0.854. The molecule has 1 rings (SSSR count). The second kappa shape index (κ2) is 6.68. The lowest BCUT2D eigenvalue weighted by Crippen LogP contribution is -2.34. The molecule has 0 aliphatic heterocycles. The third kappa shape index (κ3) is 4.71. The molecule has 0 aliphatic carbocycles. The van der Waals surface area contributed by atoms with Crippen LogP contribution in [0.1, 0.15) is 26.3 Å². The van der Waals surface area contributed by atoms with Crippen molar-refractivity contribution < 1.29 is 8.95 Å². The first kappa shape index (κ1) is 15.7. The number of hydrogen-bond acceptors (Lipinski definition) is 2. The van der Waals surface area contributed by atoms with Gasteiger partial charge in [0.15, 0.2) is 0 Å². The van der Waals surface area contributed by atoms with Crippen molar-refractivity contribution in [2.75, 3.05) is 13.7 Å². The Labute approximate surface area is 120 Å². The SMILES string of the molecule is COc1cc(Br)ccc1CCNS(=O)C(C)(C)C. The smallest absolute Gasteiger partial charge is 0.123 e. The average molecular weight is 334 g/mol. The number of hydrogen-bond donors (Lipinski definition) is 1. The zero-order chi connectivity index (χ0) is 13.8. The Bertz CT molecular complexity index is 429. The zero-order valence-corrected chi connectivity index (χ0v) is 13.7. The van der Waals surface area contributed by atoms with Crippen LogP contribution in [0.15, 0.2) is 22.7 Å². The van der Waals surface area contributed by atoms with E-state index < -0.39 is 11.0 Å². The van der Waals surface area contributed by atoms with Crippen LogP contribution in [0.4, 0.5) is 0 Å². The van der Waals surface area contributed by atoms with E-state index in [2.05, 4.69) is 20.7 Å². The average Bonchev–Trinajstić information content (AvgIpc) is 2.29. The largest absolute Gasteiger partial charge is 0.496 e. The van der Waals surface area contributed by atoms with Crippen molar-refractivity contribution in [3.63, 3.8) is 0 Å². The molecule has 18 heavy (non-hydrogen) atoms. The molecule has 0 fully saturated rings. The summed E-state index contributed by atoms with van der Waals surface area (Å²) in [4.78, 5) is 0. The Morgan fingerprint density at radius 1 is 1.39 bits per heavy atom. The van der Waals surface area contributed by atoms with Gasteiger partial charge in [-0.25, -0.2) is 8.93 Å². The minimum absolute atomic E-state index is 0.232. The van der Waals surface area contributed by atoms with Crippen molar-refractivity contribution >= 4 is 26.9 Å². The van der Waals surface area contributed by atoms with Crippen molar-refractivity contribution in [1.82, 2.24) is 4.72 Å². The van der Waals surface area contributed by atoms with Gasteiger partial charge in [0.1, 0.15) is 5.75 Å². The van der Waals surface area contributed by atoms with Crippen LogP contribution in [-0.4, -0.2) is 22.6 Å². The maximum atomic E-state index is 11.8. The lowest BCUT2D eigenvalue weighted by molar-refractivity contribution is 0.409. The Kier molecular flexibility index (Phi) is 5.82. The van der Waals surface area contributed by atoms with Gasteiger partial charge < -0.3 is 4.74 Å². The molecule has 0 radical (unpaired) electrons. The Hall–Kier alpha value is -0.390. The highest BCUT2D eigenvalue weighted by Crippen LogP contribution is 2.23. The van der Waals surface area contributed by atoms with E-state index in [-0.39, 0.29) is 4.75 Å². The molecular weight excluding hydrogens is 314 g/mol. The second-order valence-corrected chi connectivity index (χ2v) is 7.95. The number of methoxy groups -OCH3 is 1. The molecule has 0 saturated carbocycles. The van der Waals surface area contributed by atoms with Crippen LogP contribution in [0.3, 0.4) is 0 Å². The summed E-state index contributed by atoms with van der Waals surface area (Å²) in [6.07, 6.45) is 0.790. The van der Waals surface area contributed by atoms with E-state index in [1.54, 1.807) is 7.11 Å². The molecule has 1 aromatic rings. The molecule has 1 N–H and O–H groups in total. The fraction of sp³-hybridized carbons (Fsp3) is 0.538. The predicted molar refractivity (Wildman–Crippen MR) is 80.3 cm³/mol. The fourth-order valence-corrected chi connectivity index (χ4v) is 2.48. The molecule has 102 valence electrons.